The number of carbonyl (C=O) groups excluding carboxylic acids is 1. The Hall–Kier alpha value is -2.00. The minimum Gasteiger partial charge on any atom is -0.354 e. The van der Waals surface area contributed by atoms with Crippen LogP contribution in [0.2, 0.25) is 0 Å². The Morgan fingerprint density at radius 3 is 2.55 bits per heavy atom. The molecule has 0 aliphatic heterocycles. The van der Waals surface area contributed by atoms with Crippen LogP contribution in [0.5, 0.6) is 0 Å². The summed E-state index contributed by atoms with van der Waals surface area (Å²) in [4.78, 5) is 22.0. The maximum atomic E-state index is 12.4. The van der Waals surface area contributed by atoms with E-state index in [1.807, 2.05) is 0 Å². The molecule has 0 aromatic carbocycles. The SMILES string of the molecule is Cc1cc(C(=O)NS(=O)(=O)c2sc(N(C)C)nc2C)ccn1. The summed E-state index contributed by atoms with van der Waals surface area (Å²) in [6, 6.07) is 2.98. The molecule has 1 amide bonds. The topological polar surface area (TPSA) is 92.3 Å². The maximum Gasteiger partial charge on any atom is 0.275 e. The molecule has 22 heavy (non-hydrogen) atoms. The van der Waals surface area contributed by atoms with E-state index in [2.05, 4.69) is 14.7 Å². The normalized spacial score (nSPS) is 11.3. The van der Waals surface area contributed by atoms with Crippen LogP contribution in [0.15, 0.2) is 22.5 Å². The van der Waals surface area contributed by atoms with Crippen LogP contribution in [0.1, 0.15) is 21.7 Å². The van der Waals surface area contributed by atoms with Crippen molar-refractivity contribution in [1.29, 1.82) is 0 Å². The van der Waals surface area contributed by atoms with E-state index < -0.39 is 15.9 Å². The van der Waals surface area contributed by atoms with Crippen molar-refractivity contribution in [3.05, 3.63) is 35.3 Å². The molecule has 1 N–H and O–H groups in total. The second kappa shape index (κ2) is 6.01. The summed E-state index contributed by atoms with van der Waals surface area (Å²) in [5.41, 5.74) is 1.24. The molecule has 0 unspecified atom stereocenters. The molecule has 7 nitrogen and oxygen atoms in total. The van der Waals surface area contributed by atoms with Gasteiger partial charge in [-0.1, -0.05) is 11.3 Å². The van der Waals surface area contributed by atoms with Gasteiger partial charge in [0.05, 0.1) is 5.69 Å². The van der Waals surface area contributed by atoms with Crippen LogP contribution in [-0.4, -0.2) is 38.4 Å². The summed E-state index contributed by atoms with van der Waals surface area (Å²) >= 11 is 1.01. The van der Waals surface area contributed by atoms with Crippen molar-refractivity contribution in [2.75, 3.05) is 19.0 Å². The molecular formula is C13H16N4O3S2. The van der Waals surface area contributed by atoms with Crippen LogP contribution in [-0.2, 0) is 10.0 Å². The van der Waals surface area contributed by atoms with Crippen molar-refractivity contribution in [3.8, 4) is 0 Å². The van der Waals surface area contributed by atoms with Gasteiger partial charge in [0.2, 0.25) is 0 Å². The van der Waals surface area contributed by atoms with Crippen molar-refractivity contribution in [2.24, 2.45) is 0 Å². The number of rotatable bonds is 4. The Labute approximate surface area is 133 Å². The van der Waals surface area contributed by atoms with E-state index in [1.54, 1.807) is 32.8 Å². The van der Waals surface area contributed by atoms with Crippen LogP contribution in [0.3, 0.4) is 0 Å². The quantitative estimate of drug-likeness (QED) is 0.903. The molecule has 0 saturated carbocycles. The molecule has 2 aromatic heterocycles. The predicted molar refractivity (Wildman–Crippen MR) is 84.8 cm³/mol. The van der Waals surface area contributed by atoms with Gasteiger partial charge in [0.1, 0.15) is 0 Å². The molecule has 2 heterocycles. The lowest BCUT2D eigenvalue weighted by Crippen LogP contribution is -2.30. The van der Waals surface area contributed by atoms with Gasteiger partial charge in [0.15, 0.2) is 9.34 Å². The number of aryl methyl sites for hydroxylation is 2. The fourth-order valence-corrected chi connectivity index (χ4v) is 4.12. The largest absolute Gasteiger partial charge is 0.354 e. The number of nitrogens with one attached hydrogen (secondary N) is 1. The average molecular weight is 340 g/mol. The number of carbonyl (C=O) groups is 1. The van der Waals surface area contributed by atoms with Crippen LogP contribution < -0.4 is 9.62 Å². The van der Waals surface area contributed by atoms with E-state index >= 15 is 0 Å². The lowest BCUT2D eigenvalue weighted by Gasteiger charge is -2.06. The number of thiazole rings is 1. The molecule has 0 spiro atoms. The first-order valence-corrected chi connectivity index (χ1v) is 8.65. The number of aromatic nitrogens is 2. The van der Waals surface area contributed by atoms with E-state index in [0.717, 1.165) is 11.3 Å². The third kappa shape index (κ3) is 3.42. The summed E-state index contributed by atoms with van der Waals surface area (Å²) in [6.45, 7) is 3.32. The summed E-state index contributed by atoms with van der Waals surface area (Å²) in [6.07, 6.45) is 1.46. The number of hydrogen-bond donors (Lipinski definition) is 1. The average Bonchev–Trinajstić information content (AvgIpc) is 2.81. The molecule has 0 atom stereocenters. The van der Waals surface area contributed by atoms with Crippen molar-refractivity contribution in [2.45, 2.75) is 18.1 Å². The number of anilines is 1. The third-order valence-electron chi connectivity index (χ3n) is 2.76. The van der Waals surface area contributed by atoms with E-state index in [9.17, 15) is 13.2 Å². The fourth-order valence-electron chi connectivity index (χ4n) is 1.72. The molecule has 9 heteroatoms. The van der Waals surface area contributed by atoms with E-state index in [0.29, 0.717) is 16.5 Å². The molecular weight excluding hydrogens is 324 g/mol. The molecule has 118 valence electrons. The van der Waals surface area contributed by atoms with E-state index in [1.165, 1.54) is 18.3 Å². The number of nitrogens with zero attached hydrogens (tertiary/aromatic N) is 3. The highest BCUT2D eigenvalue weighted by Crippen LogP contribution is 2.28. The van der Waals surface area contributed by atoms with Gasteiger partial charge >= 0.3 is 0 Å². The minimum absolute atomic E-state index is 0.0373. The van der Waals surface area contributed by atoms with E-state index in [-0.39, 0.29) is 9.77 Å². The smallest absolute Gasteiger partial charge is 0.275 e. The minimum atomic E-state index is -3.95. The molecule has 2 aromatic rings. The van der Waals surface area contributed by atoms with Crippen LogP contribution >= 0.6 is 11.3 Å². The summed E-state index contributed by atoms with van der Waals surface area (Å²) in [5, 5.41) is 0.560. The van der Waals surface area contributed by atoms with Gasteiger partial charge in [-0.25, -0.2) is 18.1 Å². The second-order valence-electron chi connectivity index (χ2n) is 4.88. The van der Waals surface area contributed by atoms with Crippen molar-refractivity contribution in [1.82, 2.24) is 14.7 Å². The highest BCUT2D eigenvalue weighted by Gasteiger charge is 2.25. The van der Waals surface area contributed by atoms with Crippen LogP contribution in [0.25, 0.3) is 0 Å². The zero-order chi connectivity index (χ0) is 16.5. The molecule has 0 saturated heterocycles. The standard InChI is InChI=1S/C13H16N4O3S2/c1-8-7-10(5-6-14-8)11(18)16-22(19,20)12-9(2)15-13(21-12)17(3)4/h5-7H,1-4H3,(H,16,18). The summed E-state index contributed by atoms with van der Waals surface area (Å²) in [5.74, 6) is -0.690. The van der Waals surface area contributed by atoms with Crippen LogP contribution in [0, 0.1) is 13.8 Å². The number of amides is 1. The van der Waals surface area contributed by atoms with Crippen molar-refractivity contribution in [3.63, 3.8) is 0 Å². The van der Waals surface area contributed by atoms with Gasteiger partial charge in [-0.2, -0.15) is 0 Å². The first-order chi connectivity index (χ1) is 10.2. The maximum absolute atomic E-state index is 12.4. The predicted octanol–water partition coefficient (Wildman–Crippen LogP) is 1.34. The highest BCUT2D eigenvalue weighted by atomic mass is 32.2. The number of sulfonamides is 1. The van der Waals surface area contributed by atoms with Crippen molar-refractivity contribution >= 4 is 32.4 Å². The zero-order valence-electron chi connectivity index (χ0n) is 12.6. The second-order valence-corrected chi connectivity index (χ2v) is 7.74. The van der Waals surface area contributed by atoms with Gasteiger partial charge < -0.3 is 4.90 Å². The Bertz CT molecular complexity index is 812. The third-order valence-corrected chi connectivity index (χ3v) is 6.02. The molecule has 0 aliphatic carbocycles. The van der Waals surface area contributed by atoms with Crippen LogP contribution in [0.4, 0.5) is 5.13 Å². The van der Waals surface area contributed by atoms with E-state index in [4.69, 9.17) is 0 Å². The van der Waals surface area contributed by atoms with Gasteiger partial charge in [-0.3, -0.25) is 9.78 Å². The van der Waals surface area contributed by atoms with Crippen molar-refractivity contribution < 1.29 is 13.2 Å². The molecule has 0 fully saturated rings. The Morgan fingerprint density at radius 1 is 1.32 bits per heavy atom. The lowest BCUT2D eigenvalue weighted by molar-refractivity contribution is 0.0981. The zero-order valence-corrected chi connectivity index (χ0v) is 14.2. The molecule has 0 bridgehead atoms. The summed E-state index contributed by atoms with van der Waals surface area (Å²) in [7, 11) is -0.413. The van der Waals surface area contributed by atoms with Gasteiger partial charge in [0, 0.05) is 31.5 Å². The first kappa shape index (κ1) is 16.4. The lowest BCUT2D eigenvalue weighted by atomic mass is 10.2. The highest BCUT2D eigenvalue weighted by molar-refractivity contribution is 7.92. The summed E-state index contributed by atoms with van der Waals surface area (Å²) < 4.78 is 26.8. The molecule has 2 rings (SSSR count). The molecule has 0 radical (unpaired) electrons. The Morgan fingerprint density at radius 2 is 2.00 bits per heavy atom. The Kier molecular flexibility index (Phi) is 4.47. The fraction of sp³-hybridized carbons (Fsp3) is 0.308. The molecule has 0 aliphatic rings. The van der Waals surface area contributed by atoms with Gasteiger partial charge in [-0.05, 0) is 26.0 Å². The Balaban J connectivity index is 2.30. The van der Waals surface area contributed by atoms with Gasteiger partial charge in [-0.15, -0.1) is 0 Å². The number of pyridine rings is 1. The first-order valence-electron chi connectivity index (χ1n) is 6.35. The number of hydrogen-bond acceptors (Lipinski definition) is 7. The van der Waals surface area contributed by atoms with Gasteiger partial charge in [0.25, 0.3) is 15.9 Å². The monoisotopic (exact) mass is 340 g/mol.